The molecular weight excluding hydrogens is 384 g/mol. The number of carbonyl (C=O) groups excluding carboxylic acids is 2. The number of rotatable bonds is 4. The highest BCUT2D eigenvalue weighted by molar-refractivity contribution is 6.35. The lowest BCUT2D eigenvalue weighted by Gasteiger charge is -2.38. The van der Waals surface area contributed by atoms with Gasteiger partial charge in [0.2, 0.25) is 11.4 Å². The third-order valence-electron chi connectivity index (χ3n) is 5.87. The fourth-order valence-electron chi connectivity index (χ4n) is 4.40. The molecule has 1 aromatic rings. The normalized spacial score (nSPS) is 26.9. The third-order valence-corrected chi connectivity index (χ3v) is 6.23. The van der Waals surface area contributed by atoms with E-state index in [2.05, 4.69) is 0 Å². The molecule has 1 fully saturated rings. The molecule has 150 valence electrons. The average Bonchev–Trinajstić information content (AvgIpc) is 3.28. The van der Waals surface area contributed by atoms with Crippen molar-refractivity contribution in [3.63, 3.8) is 0 Å². The van der Waals surface area contributed by atoms with Crippen LogP contribution in [0, 0.1) is 5.92 Å². The van der Waals surface area contributed by atoms with Crippen LogP contribution in [0.4, 0.5) is 0 Å². The Morgan fingerprint density at radius 1 is 1.14 bits per heavy atom. The zero-order valence-electron chi connectivity index (χ0n) is 16.2. The van der Waals surface area contributed by atoms with Gasteiger partial charge in [-0.05, 0) is 25.7 Å². The van der Waals surface area contributed by atoms with Crippen LogP contribution in [-0.4, -0.2) is 37.5 Å². The zero-order valence-corrected chi connectivity index (χ0v) is 16.9. The molecule has 2 atom stereocenters. The topological polar surface area (TPSA) is 71.1 Å². The minimum atomic E-state index is -1.41. The van der Waals surface area contributed by atoms with Crippen molar-refractivity contribution in [3.8, 4) is 17.2 Å². The molecule has 1 aromatic carbocycles. The minimum Gasteiger partial charge on any atom is -0.496 e. The quantitative estimate of drug-likeness (QED) is 0.748. The fraction of sp³-hybridized carbons (Fsp3) is 0.524. The van der Waals surface area contributed by atoms with E-state index in [1.54, 1.807) is 6.07 Å². The number of ketones is 2. The van der Waals surface area contributed by atoms with E-state index in [1.165, 1.54) is 20.3 Å². The summed E-state index contributed by atoms with van der Waals surface area (Å²) >= 11 is 6.46. The molecule has 1 saturated carbocycles. The van der Waals surface area contributed by atoms with Crippen LogP contribution in [0.3, 0.4) is 0 Å². The molecule has 0 radical (unpaired) electrons. The Morgan fingerprint density at radius 3 is 2.46 bits per heavy atom. The van der Waals surface area contributed by atoms with Gasteiger partial charge in [-0.3, -0.25) is 9.59 Å². The van der Waals surface area contributed by atoms with Crippen molar-refractivity contribution < 1.29 is 28.5 Å². The van der Waals surface area contributed by atoms with Gasteiger partial charge in [-0.1, -0.05) is 18.5 Å². The van der Waals surface area contributed by atoms with E-state index in [-0.39, 0.29) is 46.2 Å². The molecule has 1 aliphatic heterocycles. The monoisotopic (exact) mass is 406 g/mol. The van der Waals surface area contributed by atoms with E-state index >= 15 is 0 Å². The van der Waals surface area contributed by atoms with Crippen molar-refractivity contribution in [2.24, 2.45) is 5.92 Å². The number of halogens is 1. The van der Waals surface area contributed by atoms with Gasteiger partial charge in [-0.2, -0.15) is 0 Å². The first-order valence-corrected chi connectivity index (χ1v) is 9.90. The Labute approximate surface area is 168 Å². The molecule has 6 nitrogen and oxygen atoms in total. The molecule has 0 N–H and O–H groups in total. The zero-order chi connectivity index (χ0) is 20.1. The summed E-state index contributed by atoms with van der Waals surface area (Å²) in [6.45, 7) is 1.82. The van der Waals surface area contributed by atoms with Crippen LogP contribution in [0.5, 0.6) is 17.2 Å². The Morgan fingerprint density at radius 2 is 1.82 bits per heavy atom. The molecule has 28 heavy (non-hydrogen) atoms. The van der Waals surface area contributed by atoms with Gasteiger partial charge in [-0.25, -0.2) is 0 Å². The maximum absolute atomic E-state index is 13.7. The molecule has 0 saturated heterocycles. The first kappa shape index (κ1) is 19.1. The number of methoxy groups -OCH3 is 2. The van der Waals surface area contributed by atoms with Gasteiger partial charge < -0.3 is 18.9 Å². The summed E-state index contributed by atoms with van der Waals surface area (Å²) in [7, 11) is 2.96. The molecule has 0 amide bonds. The van der Waals surface area contributed by atoms with Gasteiger partial charge >= 0.3 is 0 Å². The summed E-state index contributed by atoms with van der Waals surface area (Å²) in [5, 5.41) is 0.202. The maximum atomic E-state index is 13.7. The molecule has 0 unspecified atom stereocenters. The van der Waals surface area contributed by atoms with E-state index in [0.717, 1.165) is 25.7 Å². The predicted octanol–water partition coefficient (Wildman–Crippen LogP) is 4.12. The molecule has 0 bridgehead atoms. The Balaban J connectivity index is 1.84. The molecule has 4 rings (SSSR count). The molecule has 3 aliphatic rings. The predicted molar refractivity (Wildman–Crippen MR) is 102 cm³/mol. The summed E-state index contributed by atoms with van der Waals surface area (Å²) in [5.74, 6) is 0.383. The van der Waals surface area contributed by atoms with E-state index in [4.69, 9.17) is 30.5 Å². The smallest absolute Gasteiger partial charge is 0.231 e. The van der Waals surface area contributed by atoms with Crippen LogP contribution in [0.2, 0.25) is 5.02 Å². The second kappa shape index (κ2) is 6.99. The van der Waals surface area contributed by atoms with E-state index in [9.17, 15) is 9.59 Å². The Kier molecular flexibility index (Phi) is 4.78. The lowest BCUT2D eigenvalue weighted by molar-refractivity contribution is -0.119. The lowest BCUT2D eigenvalue weighted by atomic mass is 9.75. The summed E-state index contributed by atoms with van der Waals surface area (Å²) in [6, 6.07) is 1.57. The van der Waals surface area contributed by atoms with Gasteiger partial charge in [-0.15, -0.1) is 0 Å². The van der Waals surface area contributed by atoms with Crippen LogP contribution in [0.1, 0.15) is 49.4 Å². The number of carbonyl (C=O) groups is 2. The standard InChI is InChI=1S/C21H23ClO6/c1-11-8-12(23)9-16(27-13-6-4-5-7-13)21(11)20(24)17-14(25-2)10-15(26-3)18(22)19(17)28-21/h9-11,13H,4-8H2,1-3H3/t11-,21+/m1/s1. The van der Waals surface area contributed by atoms with Crippen molar-refractivity contribution in [2.45, 2.75) is 50.7 Å². The SMILES string of the molecule is COc1cc(OC)c2c(c1Cl)O[C@]1(C2=O)C(OC2CCCC2)=CC(=O)C[C@H]1C. The summed E-state index contributed by atoms with van der Waals surface area (Å²) in [5.41, 5.74) is -1.15. The van der Waals surface area contributed by atoms with Gasteiger partial charge in [0.25, 0.3) is 0 Å². The second-order valence-electron chi connectivity index (χ2n) is 7.57. The van der Waals surface area contributed by atoms with Crippen LogP contribution in [0.15, 0.2) is 17.9 Å². The highest BCUT2D eigenvalue weighted by atomic mass is 35.5. The first-order chi connectivity index (χ1) is 13.4. The van der Waals surface area contributed by atoms with Crippen molar-refractivity contribution in [1.29, 1.82) is 0 Å². The number of hydrogen-bond acceptors (Lipinski definition) is 6. The van der Waals surface area contributed by atoms with Gasteiger partial charge in [0.15, 0.2) is 17.3 Å². The van der Waals surface area contributed by atoms with Crippen molar-refractivity contribution in [1.82, 2.24) is 0 Å². The number of benzene rings is 1. The number of allylic oxidation sites excluding steroid dienone is 1. The molecule has 0 aromatic heterocycles. The Bertz CT molecular complexity index is 870. The molecule has 7 heteroatoms. The fourth-order valence-corrected chi connectivity index (χ4v) is 4.66. The number of Topliss-reactive ketones (excluding diaryl/α,β-unsaturated/α-hetero) is 1. The second-order valence-corrected chi connectivity index (χ2v) is 7.95. The van der Waals surface area contributed by atoms with Crippen molar-refractivity contribution >= 4 is 23.2 Å². The molecule has 1 spiro atoms. The van der Waals surface area contributed by atoms with Crippen molar-refractivity contribution in [3.05, 3.63) is 28.5 Å². The van der Waals surface area contributed by atoms with Gasteiger partial charge in [0.05, 0.1) is 20.3 Å². The van der Waals surface area contributed by atoms with Crippen LogP contribution in [-0.2, 0) is 9.53 Å². The number of ether oxygens (including phenoxy) is 4. The average molecular weight is 407 g/mol. The molecule has 2 aliphatic carbocycles. The van der Waals surface area contributed by atoms with Crippen molar-refractivity contribution in [2.75, 3.05) is 14.2 Å². The largest absolute Gasteiger partial charge is 0.496 e. The van der Waals surface area contributed by atoms with Crippen LogP contribution >= 0.6 is 11.6 Å². The Hall–Kier alpha value is -2.21. The molecule has 1 heterocycles. The van der Waals surface area contributed by atoms with Crippen LogP contribution < -0.4 is 14.2 Å². The summed E-state index contributed by atoms with van der Waals surface area (Å²) in [6.07, 6.45) is 5.52. The van der Waals surface area contributed by atoms with E-state index < -0.39 is 11.5 Å². The maximum Gasteiger partial charge on any atom is 0.231 e. The lowest BCUT2D eigenvalue weighted by Crippen LogP contribution is -2.52. The summed E-state index contributed by atoms with van der Waals surface area (Å²) in [4.78, 5) is 25.9. The van der Waals surface area contributed by atoms with Gasteiger partial charge in [0.1, 0.15) is 22.1 Å². The minimum absolute atomic E-state index is 0.0201. The third kappa shape index (κ3) is 2.69. The van der Waals surface area contributed by atoms with Gasteiger partial charge in [0, 0.05) is 24.5 Å². The molecular formula is C21H23ClO6. The van der Waals surface area contributed by atoms with E-state index in [1.807, 2.05) is 6.92 Å². The summed E-state index contributed by atoms with van der Waals surface area (Å²) < 4.78 is 23.2. The highest BCUT2D eigenvalue weighted by Crippen LogP contribution is 2.54. The first-order valence-electron chi connectivity index (χ1n) is 9.52. The number of hydrogen-bond donors (Lipinski definition) is 0. The van der Waals surface area contributed by atoms with Crippen LogP contribution in [0.25, 0.3) is 0 Å². The highest BCUT2D eigenvalue weighted by Gasteiger charge is 2.60. The number of fused-ring (bicyclic) bond motifs is 1. The van der Waals surface area contributed by atoms with E-state index in [0.29, 0.717) is 11.5 Å².